The summed E-state index contributed by atoms with van der Waals surface area (Å²) in [5.41, 5.74) is 1.27. The Morgan fingerprint density at radius 3 is 2.27 bits per heavy atom. The van der Waals surface area contributed by atoms with Gasteiger partial charge in [-0.3, -0.25) is 4.68 Å². The molecule has 0 bridgehead atoms. The van der Waals surface area contributed by atoms with Crippen molar-refractivity contribution in [3.63, 3.8) is 0 Å². The van der Waals surface area contributed by atoms with Crippen LogP contribution in [0.3, 0.4) is 0 Å². The van der Waals surface area contributed by atoms with Crippen LogP contribution in [0.5, 0.6) is 0 Å². The number of hydrogen-bond donors (Lipinski definition) is 1. The molecule has 0 amide bonds. The number of nitrogens with one attached hydrogen (secondary N) is 1. The average Bonchev–Trinajstić information content (AvgIpc) is 2.67. The van der Waals surface area contributed by atoms with Crippen molar-refractivity contribution in [3.8, 4) is 0 Å². The zero-order valence-corrected chi connectivity index (χ0v) is 10.2. The van der Waals surface area contributed by atoms with Crippen molar-refractivity contribution < 1.29 is 0 Å². The monoisotopic (exact) mass is 210 g/mol. The van der Waals surface area contributed by atoms with E-state index in [1.807, 2.05) is 13.2 Å². The van der Waals surface area contributed by atoms with E-state index in [4.69, 9.17) is 0 Å². The van der Waals surface area contributed by atoms with E-state index in [9.17, 15) is 0 Å². The fraction of sp³-hybridized carbons (Fsp3) is 0.818. The fourth-order valence-electron chi connectivity index (χ4n) is 1.88. The zero-order valence-electron chi connectivity index (χ0n) is 10.2. The minimum atomic E-state index is 0.261. The number of aryl methyl sites for hydroxylation is 1. The van der Waals surface area contributed by atoms with E-state index in [-0.39, 0.29) is 5.54 Å². The van der Waals surface area contributed by atoms with Gasteiger partial charge in [-0.25, -0.2) is 0 Å². The van der Waals surface area contributed by atoms with Gasteiger partial charge in [0.15, 0.2) is 0 Å². The summed E-state index contributed by atoms with van der Waals surface area (Å²) < 4.78 is 1.74. The molecule has 1 aromatic rings. The Hall–Kier alpha value is -0.900. The predicted molar refractivity (Wildman–Crippen MR) is 61.4 cm³/mol. The molecule has 0 unspecified atom stereocenters. The Bertz CT molecular complexity index is 280. The Morgan fingerprint density at radius 2 is 1.87 bits per heavy atom. The minimum Gasteiger partial charge on any atom is -0.306 e. The van der Waals surface area contributed by atoms with Crippen molar-refractivity contribution in [2.24, 2.45) is 7.05 Å². The number of nitrogens with zero attached hydrogens (tertiary/aromatic N) is 3. The Morgan fingerprint density at radius 1 is 1.27 bits per heavy atom. The summed E-state index contributed by atoms with van der Waals surface area (Å²) in [6, 6.07) is 0. The van der Waals surface area contributed by atoms with Crippen LogP contribution in [0.15, 0.2) is 6.20 Å². The summed E-state index contributed by atoms with van der Waals surface area (Å²) >= 11 is 0. The highest BCUT2D eigenvalue weighted by atomic mass is 15.4. The van der Waals surface area contributed by atoms with Crippen molar-refractivity contribution in [2.75, 3.05) is 0 Å². The van der Waals surface area contributed by atoms with Crippen LogP contribution >= 0.6 is 0 Å². The van der Waals surface area contributed by atoms with Gasteiger partial charge in [-0.15, -0.1) is 5.10 Å². The van der Waals surface area contributed by atoms with Crippen LogP contribution in [0.25, 0.3) is 0 Å². The summed E-state index contributed by atoms with van der Waals surface area (Å²) in [5.74, 6) is 0. The lowest BCUT2D eigenvalue weighted by Gasteiger charge is -2.31. The molecule has 0 saturated heterocycles. The third-order valence-electron chi connectivity index (χ3n) is 3.32. The quantitative estimate of drug-likeness (QED) is 0.779. The third-order valence-corrected chi connectivity index (χ3v) is 3.32. The minimum absolute atomic E-state index is 0.261. The van der Waals surface area contributed by atoms with Gasteiger partial charge >= 0.3 is 0 Å². The van der Waals surface area contributed by atoms with Gasteiger partial charge in [-0.1, -0.05) is 26.0 Å². The van der Waals surface area contributed by atoms with E-state index in [0.29, 0.717) is 0 Å². The molecular weight excluding hydrogens is 188 g/mol. The molecule has 0 aliphatic rings. The third kappa shape index (κ3) is 3.02. The second-order valence-electron chi connectivity index (χ2n) is 4.08. The molecule has 1 rings (SSSR count). The molecule has 1 heterocycles. The van der Waals surface area contributed by atoms with Crippen LogP contribution in [0, 0.1) is 0 Å². The molecule has 0 fully saturated rings. The first-order valence-corrected chi connectivity index (χ1v) is 5.76. The molecule has 0 spiro atoms. The van der Waals surface area contributed by atoms with E-state index in [2.05, 4.69) is 36.4 Å². The normalized spacial score (nSPS) is 12.0. The molecule has 0 atom stereocenters. The van der Waals surface area contributed by atoms with Crippen LogP contribution in [0.1, 0.15) is 45.7 Å². The van der Waals surface area contributed by atoms with Gasteiger partial charge in [0.25, 0.3) is 0 Å². The largest absolute Gasteiger partial charge is 0.306 e. The Balaban J connectivity index is 2.54. The Kier molecular flexibility index (Phi) is 4.27. The van der Waals surface area contributed by atoms with Crippen molar-refractivity contribution in [3.05, 3.63) is 11.9 Å². The highest BCUT2D eigenvalue weighted by molar-refractivity contribution is 4.94. The maximum absolute atomic E-state index is 4.07. The lowest BCUT2D eigenvalue weighted by atomic mass is 9.90. The predicted octanol–water partition coefficient (Wildman–Crippen LogP) is 1.87. The SMILES string of the molecule is CCC(CC)(CC)NCc1cn(C)nn1. The van der Waals surface area contributed by atoms with Gasteiger partial charge in [-0.2, -0.15) is 0 Å². The van der Waals surface area contributed by atoms with E-state index >= 15 is 0 Å². The number of hydrogen-bond acceptors (Lipinski definition) is 3. The van der Waals surface area contributed by atoms with Gasteiger partial charge in [0.1, 0.15) is 0 Å². The molecule has 0 aliphatic carbocycles. The highest BCUT2D eigenvalue weighted by Crippen LogP contribution is 2.19. The fourth-order valence-corrected chi connectivity index (χ4v) is 1.88. The first-order valence-electron chi connectivity index (χ1n) is 5.76. The van der Waals surface area contributed by atoms with Crippen molar-refractivity contribution >= 4 is 0 Å². The van der Waals surface area contributed by atoms with Crippen LogP contribution in [-0.4, -0.2) is 20.5 Å². The standard InChI is InChI=1S/C11H22N4/c1-5-11(6-2,7-3)12-8-10-9-15(4)14-13-10/h9,12H,5-8H2,1-4H3. The number of aromatic nitrogens is 3. The molecule has 4 heteroatoms. The van der Waals surface area contributed by atoms with Gasteiger partial charge in [0.2, 0.25) is 0 Å². The zero-order chi connectivity index (χ0) is 11.3. The van der Waals surface area contributed by atoms with Crippen molar-refractivity contribution in [2.45, 2.75) is 52.1 Å². The molecule has 0 aromatic carbocycles. The molecule has 15 heavy (non-hydrogen) atoms. The summed E-state index contributed by atoms with van der Waals surface area (Å²) in [4.78, 5) is 0. The first kappa shape index (κ1) is 12.2. The molecule has 0 saturated carbocycles. The highest BCUT2D eigenvalue weighted by Gasteiger charge is 2.22. The smallest absolute Gasteiger partial charge is 0.0964 e. The van der Waals surface area contributed by atoms with Crippen LogP contribution in [0.4, 0.5) is 0 Å². The van der Waals surface area contributed by atoms with E-state index in [0.717, 1.165) is 31.5 Å². The van der Waals surface area contributed by atoms with Crippen LogP contribution < -0.4 is 5.32 Å². The Labute approximate surface area is 92.1 Å². The van der Waals surface area contributed by atoms with Gasteiger partial charge in [0, 0.05) is 25.3 Å². The second kappa shape index (κ2) is 5.26. The maximum atomic E-state index is 4.07. The lowest BCUT2D eigenvalue weighted by Crippen LogP contribution is -2.43. The van der Waals surface area contributed by atoms with Crippen molar-refractivity contribution in [1.29, 1.82) is 0 Å². The molecule has 1 N–H and O–H groups in total. The van der Waals surface area contributed by atoms with E-state index in [1.165, 1.54) is 0 Å². The van der Waals surface area contributed by atoms with Crippen molar-refractivity contribution in [1.82, 2.24) is 20.3 Å². The summed E-state index contributed by atoms with van der Waals surface area (Å²) in [7, 11) is 1.89. The van der Waals surface area contributed by atoms with E-state index in [1.54, 1.807) is 4.68 Å². The molecule has 1 aromatic heterocycles. The molecule has 86 valence electrons. The van der Waals surface area contributed by atoms with Crippen LogP contribution in [0.2, 0.25) is 0 Å². The van der Waals surface area contributed by atoms with Crippen LogP contribution in [-0.2, 0) is 13.6 Å². The van der Waals surface area contributed by atoms with E-state index < -0.39 is 0 Å². The van der Waals surface area contributed by atoms with Gasteiger partial charge in [-0.05, 0) is 19.3 Å². The second-order valence-corrected chi connectivity index (χ2v) is 4.08. The summed E-state index contributed by atoms with van der Waals surface area (Å²) in [6.07, 6.45) is 5.42. The number of rotatable bonds is 6. The topological polar surface area (TPSA) is 42.7 Å². The first-order chi connectivity index (χ1) is 7.15. The molecular formula is C11H22N4. The van der Waals surface area contributed by atoms with Gasteiger partial charge < -0.3 is 5.32 Å². The lowest BCUT2D eigenvalue weighted by molar-refractivity contribution is 0.286. The molecule has 0 radical (unpaired) electrons. The average molecular weight is 210 g/mol. The molecule has 0 aliphatic heterocycles. The summed E-state index contributed by atoms with van der Waals surface area (Å²) in [5, 5.41) is 11.6. The van der Waals surface area contributed by atoms with Gasteiger partial charge in [0.05, 0.1) is 5.69 Å². The molecule has 4 nitrogen and oxygen atoms in total. The maximum Gasteiger partial charge on any atom is 0.0964 e. The summed E-state index contributed by atoms with van der Waals surface area (Å²) in [6.45, 7) is 7.51.